The third-order valence-electron chi connectivity index (χ3n) is 3.80. The molecule has 1 fully saturated rings. The van der Waals surface area contributed by atoms with Crippen LogP contribution in [0, 0.1) is 11.8 Å². The van der Waals surface area contributed by atoms with Gasteiger partial charge < -0.3 is 10.4 Å². The summed E-state index contributed by atoms with van der Waals surface area (Å²) in [4.78, 5) is 0. The zero-order valence-electron chi connectivity index (χ0n) is 11.3. The van der Waals surface area contributed by atoms with Gasteiger partial charge in [0.1, 0.15) is 0 Å². The second-order valence-corrected chi connectivity index (χ2v) is 5.96. The minimum absolute atomic E-state index is 0.0355. The molecule has 1 rings (SSSR count). The zero-order valence-corrected chi connectivity index (χ0v) is 11.3. The van der Waals surface area contributed by atoms with Crippen molar-refractivity contribution in [3.05, 3.63) is 0 Å². The van der Waals surface area contributed by atoms with E-state index in [4.69, 9.17) is 0 Å². The van der Waals surface area contributed by atoms with Crippen molar-refractivity contribution >= 4 is 0 Å². The summed E-state index contributed by atoms with van der Waals surface area (Å²) < 4.78 is 0. The average Bonchev–Trinajstić information content (AvgIpc) is 2.26. The Kier molecular flexibility index (Phi) is 5.77. The molecule has 2 heteroatoms. The number of nitrogens with one attached hydrogen (secondary N) is 1. The van der Waals surface area contributed by atoms with Crippen LogP contribution in [0.1, 0.15) is 59.3 Å². The first-order valence-corrected chi connectivity index (χ1v) is 6.98. The molecule has 96 valence electrons. The van der Waals surface area contributed by atoms with Crippen LogP contribution in [-0.2, 0) is 0 Å². The molecular weight excluding hydrogens is 198 g/mol. The van der Waals surface area contributed by atoms with E-state index in [1.165, 1.54) is 25.7 Å². The smallest absolute Gasteiger partial charge is 0.0613 e. The van der Waals surface area contributed by atoms with Crippen molar-refractivity contribution in [3.8, 4) is 0 Å². The Hall–Kier alpha value is -0.0800. The van der Waals surface area contributed by atoms with Crippen LogP contribution in [0.25, 0.3) is 0 Å². The molecular formula is C14H29NO. The van der Waals surface area contributed by atoms with Gasteiger partial charge >= 0.3 is 0 Å². The summed E-state index contributed by atoms with van der Waals surface area (Å²) in [6.07, 6.45) is 7.41. The van der Waals surface area contributed by atoms with Crippen LogP contribution in [0.15, 0.2) is 0 Å². The van der Waals surface area contributed by atoms with Crippen LogP contribution in [0.3, 0.4) is 0 Å². The Bertz CT molecular complexity index is 193. The van der Waals surface area contributed by atoms with Crippen LogP contribution >= 0.6 is 0 Å². The molecule has 2 atom stereocenters. The van der Waals surface area contributed by atoms with Gasteiger partial charge in [-0.1, -0.05) is 33.6 Å². The molecule has 0 aromatic heterocycles. The molecule has 0 heterocycles. The minimum atomic E-state index is 0.0355. The highest BCUT2D eigenvalue weighted by molar-refractivity contribution is 4.93. The number of aliphatic hydroxyl groups excluding tert-OH is 1. The SMILES string of the molecule is CCCNC1(CO)CCCC(CC(C)C)C1. The van der Waals surface area contributed by atoms with E-state index >= 15 is 0 Å². The van der Waals surface area contributed by atoms with Gasteiger partial charge in [0.25, 0.3) is 0 Å². The summed E-state index contributed by atoms with van der Waals surface area (Å²) in [6, 6.07) is 0. The molecule has 16 heavy (non-hydrogen) atoms. The molecule has 2 unspecified atom stereocenters. The topological polar surface area (TPSA) is 32.3 Å². The predicted octanol–water partition coefficient (Wildman–Crippen LogP) is 2.95. The third-order valence-corrected chi connectivity index (χ3v) is 3.80. The maximum absolute atomic E-state index is 9.66. The Morgan fingerprint density at radius 3 is 2.75 bits per heavy atom. The molecule has 0 aromatic carbocycles. The lowest BCUT2D eigenvalue weighted by molar-refractivity contribution is 0.0891. The van der Waals surface area contributed by atoms with Gasteiger partial charge in [-0.05, 0) is 44.1 Å². The van der Waals surface area contributed by atoms with E-state index < -0.39 is 0 Å². The lowest BCUT2D eigenvalue weighted by Gasteiger charge is -2.41. The van der Waals surface area contributed by atoms with E-state index in [0.717, 1.165) is 31.2 Å². The van der Waals surface area contributed by atoms with E-state index in [0.29, 0.717) is 6.61 Å². The fourth-order valence-electron chi connectivity index (χ4n) is 3.10. The first kappa shape index (κ1) is 14.0. The van der Waals surface area contributed by atoms with E-state index in [1.807, 2.05) is 0 Å². The summed E-state index contributed by atoms with van der Waals surface area (Å²) in [7, 11) is 0. The van der Waals surface area contributed by atoms with Crippen molar-refractivity contribution in [3.63, 3.8) is 0 Å². The van der Waals surface area contributed by atoms with Crippen molar-refractivity contribution in [2.45, 2.75) is 64.8 Å². The predicted molar refractivity (Wildman–Crippen MR) is 69.5 cm³/mol. The highest BCUT2D eigenvalue weighted by Gasteiger charge is 2.35. The van der Waals surface area contributed by atoms with Crippen molar-refractivity contribution in [1.29, 1.82) is 0 Å². The van der Waals surface area contributed by atoms with Crippen LogP contribution in [0.5, 0.6) is 0 Å². The Morgan fingerprint density at radius 2 is 2.19 bits per heavy atom. The summed E-state index contributed by atoms with van der Waals surface area (Å²) in [6.45, 7) is 8.13. The van der Waals surface area contributed by atoms with Gasteiger partial charge in [0, 0.05) is 5.54 Å². The quantitative estimate of drug-likeness (QED) is 0.731. The number of aliphatic hydroxyl groups is 1. The fraction of sp³-hybridized carbons (Fsp3) is 1.00. The maximum Gasteiger partial charge on any atom is 0.0613 e. The molecule has 0 saturated heterocycles. The molecule has 0 aliphatic heterocycles. The molecule has 2 N–H and O–H groups in total. The summed E-state index contributed by atoms with van der Waals surface area (Å²) in [5, 5.41) is 13.2. The van der Waals surface area contributed by atoms with E-state index in [-0.39, 0.29) is 5.54 Å². The molecule has 1 aliphatic rings. The van der Waals surface area contributed by atoms with Crippen molar-refractivity contribution in [2.75, 3.05) is 13.2 Å². The van der Waals surface area contributed by atoms with Gasteiger partial charge in [-0.2, -0.15) is 0 Å². The van der Waals surface area contributed by atoms with Crippen LogP contribution in [0.4, 0.5) is 0 Å². The second-order valence-electron chi connectivity index (χ2n) is 5.96. The van der Waals surface area contributed by atoms with Crippen molar-refractivity contribution in [2.24, 2.45) is 11.8 Å². The van der Waals surface area contributed by atoms with E-state index in [1.54, 1.807) is 0 Å². The van der Waals surface area contributed by atoms with Gasteiger partial charge in [0.2, 0.25) is 0 Å². The van der Waals surface area contributed by atoms with Gasteiger partial charge in [-0.25, -0.2) is 0 Å². The molecule has 0 amide bonds. The highest BCUT2D eigenvalue weighted by atomic mass is 16.3. The van der Waals surface area contributed by atoms with Crippen molar-refractivity contribution in [1.82, 2.24) is 5.32 Å². The molecule has 0 spiro atoms. The zero-order chi connectivity index (χ0) is 12.0. The average molecular weight is 227 g/mol. The molecule has 1 saturated carbocycles. The molecule has 0 aromatic rings. The highest BCUT2D eigenvalue weighted by Crippen LogP contribution is 2.35. The molecule has 1 aliphatic carbocycles. The van der Waals surface area contributed by atoms with E-state index in [9.17, 15) is 5.11 Å². The largest absolute Gasteiger partial charge is 0.394 e. The van der Waals surface area contributed by atoms with Crippen LogP contribution in [-0.4, -0.2) is 23.8 Å². The monoisotopic (exact) mass is 227 g/mol. The first-order chi connectivity index (χ1) is 7.62. The first-order valence-electron chi connectivity index (χ1n) is 6.98. The molecule has 0 radical (unpaired) electrons. The number of hydrogen-bond donors (Lipinski definition) is 2. The maximum atomic E-state index is 9.66. The third kappa shape index (κ3) is 4.06. The lowest BCUT2D eigenvalue weighted by atomic mass is 9.73. The Morgan fingerprint density at radius 1 is 1.44 bits per heavy atom. The van der Waals surface area contributed by atoms with Crippen LogP contribution < -0.4 is 5.32 Å². The van der Waals surface area contributed by atoms with Crippen molar-refractivity contribution < 1.29 is 5.11 Å². The van der Waals surface area contributed by atoms with Gasteiger partial charge in [-0.3, -0.25) is 0 Å². The van der Waals surface area contributed by atoms with Gasteiger partial charge in [0.05, 0.1) is 6.61 Å². The molecule has 2 nitrogen and oxygen atoms in total. The normalized spacial score (nSPS) is 30.9. The lowest BCUT2D eigenvalue weighted by Crippen LogP contribution is -2.52. The van der Waals surface area contributed by atoms with E-state index in [2.05, 4.69) is 26.1 Å². The second kappa shape index (κ2) is 6.61. The Balaban J connectivity index is 2.50. The van der Waals surface area contributed by atoms with Gasteiger partial charge in [-0.15, -0.1) is 0 Å². The summed E-state index contributed by atoms with van der Waals surface area (Å²) in [5.74, 6) is 1.59. The summed E-state index contributed by atoms with van der Waals surface area (Å²) >= 11 is 0. The molecule has 0 bridgehead atoms. The minimum Gasteiger partial charge on any atom is -0.394 e. The summed E-state index contributed by atoms with van der Waals surface area (Å²) in [5.41, 5.74) is 0.0355. The number of rotatable bonds is 6. The van der Waals surface area contributed by atoms with Crippen LogP contribution in [0.2, 0.25) is 0 Å². The standard InChI is InChI=1S/C14H29NO/c1-4-8-15-14(11-16)7-5-6-13(10-14)9-12(2)3/h12-13,15-16H,4-11H2,1-3H3. The number of hydrogen-bond acceptors (Lipinski definition) is 2. The Labute approximate surface area is 101 Å². The fourth-order valence-corrected chi connectivity index (χ4v) is 3.10. The van der Waals surface area contributed by atoms with Gasteiger partial charge in [0.15, 0.2) is 0 Å².